The van der Waals surface area contributed by atoms with Gasteiger partial charge in [-0.1, -0.05) is 18.8 Å². The number of rotatable bonds is 5. The summed E-state index contributed by atoms with van der Waals surface area (Å²) in [4.78, 5) is 1.30. The molecule has 0 saturated carbocycles. The van der Waals surface area contributed by atoms with Gasteiger partial charge in [0, 0.05) is 17.7 Å². The Morgan fingerprint density at radius 3 is 2.57 bits per heavy atom. The Morgan fingerprint density at radius 2 is 2.05 bits per heavy atom. The monoisotopic (exact) mass is 300 g/mol. The minimum Gasteiger partial charge on any atom is -0.496 e. The summed E-state index contributed by atoms with van der Waals surface area (Å²) in [5, 5.41) is 0. The van der Waals surface area contributed by atoms with E-state index in [0.29, 0.717) is 23.4 Å². The molecular formula is C15H19F3N2O. The number of ether oxygens (including phenoxy) is 1. The highest BCUT2D eigenvalue weighted by Crippen LogP contribution is 2.23. The maximum atomic E-state index is 12.5. The van der Waals surface area contributed by atoms with Crippen molar-refractivity contribution in [3.05, 3.63) is 29.3 Å². The van der Waals surface area contributed by atoms with Crippen LogP contribution in [-0.4, -0.2) is 37.8 Å². The largest absolute Gasteiger partial charge is 0.496 e. The van der Waals surface area contributed by atoms with Crippen molar-refractivity contribution < 1.29 is 17.9 Å². The van der Waals surface area contributed by atoms with Crippen LogP contribution in [0.1, 0.15) is 18.1 Å². The van der Waals surface area contributed by atoms with E-state index in [4.69, 9.17) is 10.5 Å². The van der Waals surface area contributed by atoms with Crippen molar-refractivity contribution in [1.82, 2.24) is 4.90 Å². The van der Waals surface area contributed by atoms with Gasteiger partial charge < -0.3 is 10.5 Å². The van der Waals surface area contributed by atoms with Gasteiger partial charge in [-0.05, 0) is 24.7 Å². The van der Waals surface area contributed by atoms with Gasteiger partial charge in [0.1, 0.15) is 5.75 Å². The fraction of sp³-hybridized carbons (Fsp3) is 0.467. The van der Waals surface area contributed by atoms with Gasteiger partial charge in [-0.2, -0.15) is 13.2 Å². The fourth-order valence-corrected chi connectivity index (χ4v) is 1.91. The molecular weight excluding hydrogens is 281 g/mol. The smallest absolute Gasteiger partial charge is 0.401 e. The van der Waals surface area contributed by atoms with Crippen LogP contribution in [0.3, 0.4) is 0 Å². The van der Waals surface area contributed by atoms with Gasteiger partial charge in [-0.3, -0.25) is 4.90 Å². The second-order valence-electron chi connectivity index (χ2n) is 4.45. The molecule has 1 rings (SSSR count). The van der Waals surface area contributed by atoms with Crippen LogP contribution in [0.4, 0.5) is 13.2 Å². The van der Waals surface area contributed by atoms with Crippen molar-refractivity contribution in [2.75, 3.05) is 26.7 Å². The summed E-state index contributed by atoms with van der Waals surface area (Å²) in [5.41, 5.74) is 6.69. The van der Waals surface area contributed by atoms with Crippen molar-refractivity contribution in [3.8, 4) is 17.6 Å². The molecule has 1 aromatic rings. The van der Waals surface area contributed by atoms with E-state index in [-0.39, 0.29) is 13.1 Å². The summed E-state index contributed by atoms with van der Waals surface area (Å²) in [6.45, 7) is 1.41. The van der Waals surface area contributed by atoms with Crippen LogP contribution in [0.2, 0.25) is 0 Å². The lowest BCUT2D eigenvalue weighted by molar-refractivity contribution is -0.146. The third-order valence-corrected chi connectivity index (χ3v) is 2.86. The second kappa shape index (κ2) is 7.91. The molecule has 0 atom stereocenters. The van der Waals surface area contributed by atoms with Crippen molar-refractivity contribution in [3.63, 3.8) is 0 Å². The zero-order valence-electron chi connectivity index (χ0n) is 12.1. The van der Waals surface area contributed by atoms with Crippen molar-refractivity contribution >= 4 is 0 Å². The van der Waals surface area contributed by atoms with E-state index >= 15 is 0 Å². The Labute approximate surface area is 122 Å². The molecule has 3 nitrogen and oxygen atoms in total. The highest BCUT2D eigenvalue weighted by atomic mass is 19.4. The third-order valence-electron chi connectivity index (χ3n) is 2.86. The SMILES string of the molecule is CCN(Cc1cc(C#CCN)ccc1OC)CC(F)(F)F. The van der Waals surface area contributed by atoms with Gasteiger partial charge in [-0.15, -0.1) is 0 Å². The molecule has 0 aliphatic rings. The van der Waals surface area contributed by atoms with E-state index in [1.807, 2.05) is 0 Å². The minimum atomic E-state index is -4.22. The number of nitrogens with zero attached hydrogens (tertiary/aromatic N) is 1. The lowest BCUT2D eigenvalue weighted by atomic mass is 10.1. The molecule has 21 heavy (non-hydrogen) atoms. The van der Waals surface area contributed by atoms with Crippen LogP contribution in [-0.2, 0) is 6.54 Å². The Kier molecular flexibility index (Phi) is 6.53. The van der Waals surface area contributed by atoms with E-state index in [2.05, 4.69) is 11.8 Å². The average molecular weight is 300 g/mol. The van der Waals surface area contributed by atoms with Crippen molar-refractivity contribution in [2.45, 2.75) is 19.6 Å². The first-order valence-corrected chi connectivity index (χ1v) is 6.54. The Bertz CT molecular complexity index is 518. The van der Waals surface area contributed by atoms with Gasteiger partial charge in [0.2, 0.25) is 0 Å². The predicted octanol–water partition coefficient (Wildman–Crippen LogP) is 2.39. The molecule has 0 aromatic heterocycles. The molecule has 0 bridgehead atoms. The van der Waals surface area contributed by atoms with E-state index in [9.17, 15) is 13.2 Å². The minimum absolute atomic E-state index is 0.150. The van der Waals surface area contributed by atoms with E-state index in [1.165, 1.54) is 12.0 Å². The van der Waals surface area contributed by atoms with Gasteiger partial charge in [0.15, 0.2) is 0 Å². The Morgan fingerprint density at radius 1 is 1.33 bits per heavy atom. The zero-order valence-corrected chi connectivity index (χ0v) is 12.1. The average Bonchev–Trinajstić information content (AvgIpc) is 2.43. The van der Waals surface area contributed by atoms with Crippen LogP contribution in [0.25, 0.3) is 0 Å². The quantitative estimate of drug-likeness (QED) is 0.849. The molecule has 1 aromatic carbocycles. The van der Waals surface area contributed by atoms with Crippen LogP contribution in [0.15, 0.2) is 18.2 Å². The summed E-state index contributed by atoms with van der Waals surface area (Å²) < 4.78 is 42.7. The molecule has 2 N–H and O–H groups in total. The topological polar surface area (TPSA) is 38.5 Å². The number of hydrogen-bond donors (Lipinski definition) is 1. The lowest BCUT2D eigenvalue weighted by Gasteiger charge is -2.23. The summed E-state index contributed by atoms with van der Waals surface area (Å²) in [7, 11) is 1.49. The van der Waals surface area contributed by atoms with E-state index < -0.39 is 12.7 Å². The molecule has 116 valence electrons. The summed E-state index contributed by atoms with van der Waals surface area (Å²) in [5.74, 6) is 6.13. The second-order valence-corrected chi connectivity index (χ2v) is 4.45. The number of benzene rings is 1. The standard InChI is InChI=1S/C15H19F3N2O/c1-3-20(11-15(16,17)18)10-13-9-12(5-4-8-19)6-7-14(13)21-2/h6-7,9H,3,8,10-11,19H2,1-2H3. The van der Waals surface area contributed by atoms with Crippen molar-refractivity contribution in [1.29, 1.82) is 0 Å². The summed E-state index contributed by atoms with van der Waals surface area (Å²) in [6, 6.07) is 5.20. The first-order valence-electron chi connectivity index (χ1n) is 6.54. The number of nitrogens with two attached hydrogens (primary N) is 1. The van der Waals surface area contributed by atoms with Gasteiger partial charge in [0.05, 0.1) is 20.2 Å². The number of methoxy groups -OCH3 is 1. The molecule has 0 saturated heterocycles. The highest BCUT2D eigenvalue weighted by molar-refractivity contribution is 5.44. The first kappa shape index (κ1) is 17.3. The van der Waals surface area contributed by atoms with Gasteiger partial charge in [-0.25, -0.2) is 0 Å². The van der Waals surface area contributed by atoms with Gasteiger partial charge in [0.25, 0.3) is 0 Å². The molecule has 0 aliphatic carbocycles. The molecule has 0 amide bonds. The van der Waals surface area contributed by atoms with Crippen LogP contribution in [0.5, 0.6) is 5.75 Å². The highest BCUT2D eigenvalue weighted by Gasteiger charge is 2.30. The maximum Gasteiger partial charge on any atom is 0.401 e. The normalized spacial score (nSPS) is 11.2. The molecule has 6 heteroatoms. The van der Waals surface area contributed by atoms with E-state index in [0.717, 1.165) is 0 Å². The maximum absolute atomic E-state index is 12.5. The fourth-order valence-electron chi connectivity index (χ4n) is 1.91. The number of alkyl halides is 3. The molecule has 0 heterocycles. The molecule has 0 radical (unpaired) electrons. The summed E-state index contributed by atoms with van der Waals surface area (Å²) in [6.07, 6.45) is -4.22. The summed E-state index contributed by atoms with van der Waals surface area (Å²) >= 11 is 0. The molecule has 0 unspecified atom stereocenters. The number of hydrogen-bond acceptors (Lipinski definition) is 3. The van der Waals surface area contributed by atoms with Crippen LogP contribution < -0.4 is 10.5 Å². The third kappa shape index (κ3) is 6.06. The van der Waals surface area contributed by atoms with Crippen LogP contribution >= 0.6 is 0 Å². The molecule has 0 spiro atoms. The number of halogens is 3. The van der Waals surface area contributed by atoms with Crippen molar-refractivity contribution in [2.24, 2.45) is 5.73 Å². The van der Waals surface area contributed by atoms with Crippen LogP contribution in [0, 0.1) is 11.8 Å². The zero-order chi connectivity index (χ0) is 15.9. The molecule has 0 fully saturated rings. The predicted molar refractivity (Wildman–Crippen MR) is 75.9 cm³/mol. The van der Waals surface area contributed by atoms with Gasteiger partial charge >= 0.3 is 6.18 Å². The Balaban J connectivity index is 2.97. The van der Waals surface area contributed by atoms with E-state index in [1.54, 1.807) is 25.1 Å². The Hall–Kier alpha value is -1.71. The molecule has 0 aliphatic heterocycles. The lowest BCUT2D eigenvalue weighted by Crippen LogP contribution is -2.33. The first-order chi connectivity index (χ1) is 9.89.